The van der Waals surface area contributed by atoms with Crippen LogP contribution in [0.1, 0.15) is 6.92 Å². The van der Waals surface area contributed by atoms with Crippen LogP contribution in [-0.2, 0) is 4.79 Å². The van der Waals surface area contributed by atoms with Gasteiger partial charge in [0.25, 0.3) is 0 Å². The van der Waals surface area contributed by atoms with E-state index in [1.807, 2.05) is 6.92 Å². The maximum Gasteiger partial charge on any atom is 0.239 e. The molecule has 0 spiro atoms. The molecule has 5 heteroatoms. The van der Waals surface area contributed by atoms with E-state index in [1.165, 1.54) is 0 Å². The highest BCUT2D eigenvalue weighted by Gasteiger charge is 2.04. The zero-order chi connectivity index (χ0) is 9.68. The number of carbonyl (C=O) groups is 1. The summed E-state index contributed by atoms with van der Waals surface area (Å²) < 4.78 is 5.15. The van der Waals surface area contributed by atoms with Gasteiger partial charge in [0.15, 0.2) is 0 Å². The van der Waals surface area contributed by atoms with Crippen molar-refractivity contribution >= 4 is 23.7 Å². The first-order valence-corrected chi connectivity index (χ1v) is 4.15. The first kappa shape index (κ1) is 9.80. The summed E-state index contributed by atoms with van der Waals surface area (Å²) >= 11 is 5.65. The van der Waals surface area contributed by atoms with Crippen molar-refractivity contribution in [1.29, 1.82) is 0 Å². The summed E-state index contributed by atoms with van der Waals surface area (Å²) in [5.41, 5.74) is 0.515. The predicted octanol–water partition coefficient (Wildman–Crippen LogP) is 1.70. The molecule has 1 aromatic rings. The number of halogens is 1. The number of rotatable bonds is 4. The van der Waals surface area contributed by atoms with E-state index < -0.39 is 0 Å². The monoisotopic (exact) mass is 200 g/mol. The highest BCUT2D eigenvalue weighted by molar-refractivity contribution is 6.29. The number of pyridine rings is 1. The molecule has 4 nitrogen and oxygen atoms in total. The van der Waals surface area contributed by atoms with Gasteiger partial charge in [0.1, 0.15) is 10.8 Å². The molecule has 70 valence electrons. The van der Waals surface area contributed by atoms with E-state index in [0.29, 0.717) is 29.7 Å². The zero-order valence-corrected chi connectivity index (χ0v) is 7.84. The molecule has 0 bridgehead atoms. The van der Waals surface area contributed by atoms with Gasteiger partial charge < -0.3 is 10.1 Å². The Morgan fingerprint density at radius 1 is 1.69 bits per heavy atom. The Morgan fingerprint density at radius 2 is 2.46 bits per heavy atom. The molecule has 1 amide bonds. The number of nitrogens with zero attached hydrogens (tertiary/aromatic N) is 1. The number of hydrogen-bond acceptors (Lipinski definition) is 3. The molecule has 1 rings (SSSR count). The maximum absolute atomic E-state index is 10.2. The number of aromatic nitrogens is 1. The Morgan fingerprint density at radius 3 is 3.08 bits per heavy atom. The minimum atomic E-state index is 0.333. The van der Waals surface area contributed by atoms with Gasteiger partial charge in [0.2, 0.25) is 12.3 Å². The van der Waals surface area contributed by atoms with Gasteiger partial charge in [-0.05, 0) is 19.1 Å². The average molecular weight is 201 g/mol. The van der Waals surface area contributed by atoms with Crippen LogP contribution in [0.15, 0.2) is 12.1 Å². The van der Waals surface area contributed by atoms with Crippen LogP contribution in [0.25, 0.3) is 0 Å². The summed E-state index contributed by atoms with van der Waals surface area (Å²) in [4.78, 5) is 14.1. The molecule has 0 atom stereocenters. The Kier molecular flexibility index (Phi) is 3.52. The highest BCUT2D eigenvalue weighted by Crippen LogP contribution is 2.23. The molecule has 0 saturated heterocycles. The van der Waals surface area contributed by atoms with Gasteiger partial charge in [-0.25, -0.2) is 0 Å². The molecule has 0 aliphatic carbocycles. The van der Waals surface area contributed by atoms with E-state index in [0.717, 1.165) is 0 Å². The van der Waals surface area contributed by atoms with Crippen LogP contribution in [0, 0.1) is 0 Å². The summed E-state index contributed by atoms with van der Waals surface area (Å²) in [6, 6.07) is 3.21. The van der Waals surface area contributed by atoms with Crippen LogP contribution in [0.5, 0.6) is 5.88 Å². The average Bonchev–Trinajstić information content (AvgIpc) is 2.10. The van der Waals surface area contributed by atoms with Crippen molar-refractivity contribution in [3.8, 4) is 5.88 Å². The fourth-order valence-electron chi connectivity index (χ4n) is 0.838. The van der Waals surface area contributed by atoms with Crippen molar-refractivity contribution in [3.63, 3.8) is 0 Å². The van der Waals surface area contributed by atoms with Crippen molar-refractivity contribution in [3.05, 3.63) is 17.3 Å². The third kappa shape index (κ3) is 2.59. The van der Waals surface area contributed by atoms with Crippen molar-refractivity contribution in [2.45, 2.75) is 6.92 Å². The Hall–Kier alpha value is -1.29. The van der Waals surface area contributed by atoms with Gasteiger partial charge in [-0.2, -0.15) is 4.98 Å². The fourth-order valence-corrected chi connectivity index (χ4v) is 0.978. The molecule has 0 saturated carbocycles. The molecular formula is C8H9ClN2O2. The first-order chi connectivity index (χ1) is 6.27. The summed E-state index contributed by atoms with van der Waals surface area (Å²) in [7, 11) is 0. The molecule has 0 radical (unpaired) electrons. The molecule has 0 aliphatic heterocycles. The SMILES string of the molecule is CCOc1nc(Cl)ccc1NC=O. The van der Waals surface area contributed by atoms with Crippen LogP contribution in [0.3, 0.4) is 0 Å². The molecule has 1 heterocycles. The van der Waals surface area contributed by atoms with E-state index in [4.69, 9.17) is 16.3 Å². The topological polar surface area (TPSA) is 51.2 Å². The summed E-state index contributed by atoms with van der Waals surface area (Å²) in [6.45, 7) is 2.30. The van der Waals surface area contributed by atoms with Crippen LogP contribution >= 0.6 is 11.6 Å². The normalized spacial score (nSPS) is 9.38. The molecule has 13 heavy (non-hydrogen) atoms. The quantitative estimate of drug-likeness (QED) is 0.595. The van der Waals surface area contributed by atoms with E-state index in [2.05, 4.69) is 10.3 Å². The van der Waals surface area contributed by atoms with E-state index in [1.54, 1.807) is 12.1 Å². The number of ether oxygens (including phenoxy) is 1. The molecule has 0 fully saturated rings. The van der Waals surface area contributed by atoms with Gasteiger partial charge in [0, 0.05) is 0 Å². The lowest BCUT2D eigenvalue weighted by Gasteiger charge is -2.07. The Bertz CT molecular complexity index is 304. The first-order valence-electron chi connectivity index (χ1n) is 3.77. The standard InChI is InChI=1S/C8H9ClN2O2/c1-2-13-8-6(10-5-12)3-4-7(9)11-8/h3-5H,2H2,1H3,(H,10,12). The van der Waals surface area contributed by atoms with Crippen LogP contribution in [0.2, 0.25) is 5.15 Å². The fraction of sp³-hybridized carbons (Fsp3) is 0.250. The number of amides is 1. The number of anilines is 1. The minimum absolute atomic E-state index is 0.333. The lowest BCUT2D eigenvalue weighted by molar-refractivity contribution is -0.105. The predicted molar refractivity (Wildman–Crippen MR) is 50.1 cm³/mol. The molecular weight excluding hydrogens is 192 g/mol. The van der Waals surface area contributed by atoms with E-state index in [9.17, 15) is 4.79 Å². The third-order valence-electron chi connectivity index (χ3n) is 1.32. The van der Waals surface area contributed by atoms with Crippen LogP contribution in [0.4, 0.5) is 5.69 Å². The molecule has 1 N–H and O–H groups in total. The van der Waals surface area contributed by atoms with E-state index >= 15 is 0 Å². The van der Waals surface area contributed by atoms with Gasteiger partial charge in [-0.15, -0.1) is 0 Å². The van der Waals surface area contributed by atoms with E-state index in [-0.39, 0.29) is 0 Å². The second-order valence-corrected chi connectivity index (χ2v) is 2.57. The summed E-state index contributed by atoms with van der Waals surface area (Å²) in [5.74, 6) is 0.335. The smallest absolute Gasteiger partial charge is 0.239 e. The Balaban J connectivity index is 2.95. The third-order valence-corrected chi connectivity index (χ3v) is 1.53. The molecule has 0 aliphatic rings. The van der Waals surface area contributed by atoms with Gasteiger partial charge in [0.05, 0.1) is 6.61 Å². The van der Waals surface area contributed by atoms with Gasteiger partial charge in [-0.1, -0.05) is 11.6 Å². The Labute approximate surface area is 80.9 Å². The van der Waals surface area contributed by atoms with Crippen LogP contribution < -0.4 is 10.1 Å². The second kappa shape index (κ2) is 4.67. The van der Waals surface area contributed by atoms with Crippen LogP contribution in [-0.4, -0.2) is 18.0 Å². The molecule has 0 unspecified atom stereocenters. The number of nitrogens with one attached hydrogen (secondary N) is 1. The zero-order valence-electron chi connectivity index (χ0n) is 7.08. The van der Waals surface area contributed by atoms with Gasteiger partial charge >= 0.3 is 0 Å². The van der Waals surface area contributed by atoms with Crippen molar-refractivity contribution < 1.29 is 9.53 Å². The summed E-state index contributed by atoms with van der Waals surface area (Å²) in [6.07, 6.45) is 0.563. The maximum atomic E-state index is 10.2. The molecule has 0 aromatic carbocycles. The number of carbonyl (C=O) groups excluding carboxylic acids is 1. The second-order valence-electron chi connectivity index (χ2n) is 2.18. The van der Waals surface area contributed by atoms with Crippen molar-refractivity contribution in [2.24, 2.45) is 0 Å². The lowest BCUT2D eigenvalue weighted by Crippen LogP contribution is -2.01. The largest absolute Gasteiger partial charge is 0.476 e. The summed E-state index contributed by atoms with van der Waals surface area (Å²) in [5, 5.41) is 2.79. The lowest BCUT2D eigenvalue weighted by atomic mass is 10.4. The van der Waals surface area contributed by atoms with Crippen molar-refractivity contribution in [2.75, 3.05) is 11.9 Å². The van der Waals surface area contributed by atoms with Crippen molar-refractivity contribution in [1.82, 2.24) is 4.98 Å². The van der Waals surface area contributed by atoms with Gasteiger partial charge in [-0.3, -0.25) is 4.79 Å². The minimum Gasteiger partial charge on any atom is -0.476 e. The number of hydrogen-bond donors (Lipinski definition) is 1. The molecule has 1 aromatic heterocycles. The highest BCUT2D eigenvalue weighted by atomic mass is 35.5.